The van der Waals surface area contributed by atoms with Gasteiger partial charge in [0, 0.05) is 7.05 Å². The van der Waals surface area contributed by atoms with Crippen LogP contribution in [0.15, 0.2) is 77.7 Å². The first-order chi connectivity index (χ1) is 14.8. The van der Waals surface area contributed by atoms with Gasteiger partial charge in [0.25, 0.3) is 10.0 Å². The summed E-state index contributed by atoms with van der Waals surface area (Å²) in [5, 5.41) is 0. The second-order valence-corrected chi connectivity index (χ2v) is 8.64. The number of nitrogens with zero attached hydrogens (tertiary/aromatic N) is 1. The van der Waals surface area contributed by atoms with Crippen molar-refractivity contribution in [3.8, 4) is 17.2 Å². The molecule has 0 fully saturated rings. The predicted molar refractivity (Wildman–Crippen MR) is 117 cm³/mol. The standard InChI is InChI=1S/C23H23NO6S/c1-17-6-4-5-7-22(17)29-16-23(25)30-20-10-8-18(9-11-20)24(2)31(26,27)21-14-12-19(28-3)13-15-21/h4-15H,16H2,1-3H3. The van der Waals surface area contributed by atoms with Gasteiger partial charge >= 0.3 is 5.97 Å². The van der Waals surface area contributed by atoms with Crippen molar-refractivity contribution in [2.75, 3.05) is 25.1 Å². The minimum Gasteiger partial charge on any atom is -0.497 e. The monoisotopic (exact) mass is 441 g/mol. The van der Waals surface area contributed by atoms with E-state index in [1.165, 1.54) is 38.4 Å². The zero-order chi connectivity index (χ0) is 22.4. The van der Waals surface area contributed by atoms with Gasteiger partial charge in [-0.15, -0.1) is 0 Å². The highest BCUT2D eigenvalue weighted by Crippen LogP contribution is 2.25. The number of ether oxygens (including phenoxy) is 3. The number of sulfonamides is 1. The number of aryl methyl sites for hydroxylation is 1. The lowest BCUT2D eigenvalue weighted by atomic mass is 10.2. The number of benzene rings is 3. The Balaban J connectivity index is 1.63. The molecule has 8 heteroatoms. The third-order valence-corrected chi connectivity index (χ3v) is 6.39. The molecule has 0 unspecified atom stereocenters. The van der Waals surface area contributed by atoms with E-state index >= 15 is 0 Å². The summed E-state index contributed by atoms with van der Waals surface area (Å²) in [5.41, 5.74) is 1.34. The Kier molecular flexibility index (Phi) is 6.81. The van der Waals surface area contributed by atoms with Crippen molar-refractivity contribution in [2.24, 2.45) is 0 Å². The summed E-state index contributed by atoms with van der Waals surface area (Å²) in [6.07, 6.45) is 0. The lowest BCUT2D eigenvalue weighted by molar-refractivity contribution is -0.136. The smallest absolute Gasteiger partial charge is 0.349 e. The molecule has 0 aromatic heterocycles. The molecule has 7 nitrogen and oxygen atoms in total. The van der Waals surface area contributed by atoms with Crippen LogP contribution in [0.25, 0.3) is 0 Å². The summed E-state index contributed by atoms with van der Waals surface area (Å²) in [6, 6.07) is 19.7. The number of methoxy groups -OCH3 is 1. The van der Waals surface area contributed by atoms with E-state index in [1.807, 2.05) is 25.1 Å². The Morgan fingerprint density at radius 3 is 2.13 bits per heavy atom. The fourth-order valence-electron chi connectivity index (χ4n) is 2.78. The molecule has 0 atom stereocenters. The SMILES string of the molecule is COc1ccc(S(=O)(=O)N(C)c2ccc(OC(=O)COc3ccccc3C)cc2)cc1. The number of rotatable bonds is 8. The Labute approximate surface area is 181 Å². The van der Waals surface area contributed by atoms with Gasteiger partial charge in [0.2, 0.25) is 0 Å². The van der Waals surface area contributed by atoms with E-state index in [4.69, 9.17) is 14.2 Å². The Bertz CT molecular complexity index is 1140. The number of esters is 1. The fraction of sp³-hybridized carbons (Fsp3) is 0.174. The molecule has 0 aliphatic heterocycles. The van der Waals surface area contributed by atoms with Crippen molar-refractivity contribution >= 4 is 21.7 Å². The minimum absolute atomic E-state index is 0.139. The van der Waals surface area contributed by atoms with E-state index in [9.17, 15) is 13.2 Å². The van der Waals surface area contributed by atoms with Crippen LogP contribution in [0.2, 0.25) is 0 Å². The molecule has 0 amide bonds. The van der Waals surface area contributed by atoms with E-state index < -0.39 is 16.0 Å². The predicted octanol–water partition coefficient (Wildman–Crippen LogP) is 3.81. The molecule has 3 aromatic rings. The maximum absolute atomic E-state index is 12.8. The zero-order valence-electron chi connectivity index (χ0n) is 17.4. The summed E-state index contributed by atoms with van der Waals surface area (Å²) in [5.74, 6) is 0.909. The first-order valence-corrected chi connectivity index (χ1v) is 10.9. The van der Waals surface area contributed by atoms with Crippen LogP contribution in [-0.2, 0) is 14.8 Å². The molecule has 0 heterocycles. The molecular weight excluding hydrogens is 418 g/mol. The summed E-state index contributed by atoms with van der Waals surface area (Å²) in [6.45, 7) is 1.65. The highest BCUT2D eigenvalue weighted by atomic mass is 32.2. The van der Waals surface area contributed by atoms with Crippen LogP contribution >= 0.6 is 0 Å². The van der Waals surface area contributed by atoms with Gasteiger partial charge in [0.05, 0.1) is 17.7 Å². The second kappa shape index (κ2) is 9.53. The molecule has 0 aliphatic carbocycles. The normalized spacial score (nSPS) is 10.9. The lowest BCUT2D eigenvalue weighted by Crippen LogP contribution is -2.26. The Morgan fingerprint density at radius 1 is 0.903 bits per heavy atom. The van der Waals surface area contributed by atoms with Crippen molar-refractivity contribution < 1.29 is 27.4 Å². The highest BCUT2D eigenvalue weighted by molar-refractivity contribution is 7.92. The summed E-state index contributed by atoms with van der Waals surface area (Å²) in [4.78, 5) is 12.2. The van der Waals surface area contributed by atoms with Gasteiger partial charge < -0.3 is 14.2 Å². The molecule has 0 N–H and O–H groups in total. The zero-order valence-corrected chi connectivity index (χ0v) is 18.3. The van der Waals surface area contributed by atoms with Crippen LogP contribution in [-0.4, -0.2) is 35.2 Å². The fourth-order valence-corrected chi connectivity index (χ4v) is 3.98. The Morgan fingerprint density at radius 2 is 1.52 bits per heavy atom. The van der Waals surface area contributed by atoms with Crippen LogP contribution in [0.4, 0.5) is 5.69 Å². The molecular formula is C23H23NO6S. The summed E-state index contributed by atoms with van der Waals surface area (Å²) < 4.78 is 42.6. The van der Waals surface area contributed by atoms with Gasteiger partial charge in [-0.05, 0) is 67.1 Å². The van der Waals surface area contributed by atoms with Crippen molar-refractivity contribution in [1.82, 2.24) is 0 Å². The van der Waals surface area contributed by atoms with Gasteiger partial charge in [-0.1, -0.05) is 18.2 Å². The summed E-state index contributed by atoms with van der Waals surface area (Å²) >= 11 is 0. The van der Waals surface area contributed by atoms with Gasteiger partial charge in [0.15, 0.2) is 6.61 Å². The van der Waals surface area contributed by atoms with Crippen molar-refractivity contribution in [3.63, 3.8) is 0 Å². The minimum atomic E-state index is -3.75. The Hall–Kier alpha value is -3.52. The maximum Gasteiger partial charge on any atom is 0.349 e. The van der Waals surface area contributed by atoms with Gasteiger partial charge in [0.1, 0.15) is 17.2 Å². The molecule has 0 spiro atoms. The number of hydrogen-bond acceptors (Lipinski definition) is 6. The van der Waals surface area contributed by atoms with Crippen molar-refractivity contribution in [1.29, 1.82) is 0 Å². The molecule has 162 valence electrons. The van der Waals surface area contributed by atoms with Gasteiger partial charge in [-0.25, -0.2) is 13.2 Å². The van der Waals surface area contributed by atoms with E-state index in [0.29, 0.717) is 17.2 Å². The molecule has 0 radical (unpaired) electrons. The largest absolute Gasteiger partial charge is 0.497 e. The average molecular weight is 442 g/mol. The van der Waals surface area contributed by atoms with Crippen LogP contribution in [0.3, 0.4) is 0 Å². The van der Waals surface area contributed by atoms with E-state index in [2.05, 4.69) is 0 Å². The molecule has 3 rings (SSSR count). The summed E-state index contributed by atoms with van der Waals surface area (Å²) in [7, 11) is -0.779. The molecule has 31 heavy (non-hydrogen) atoms. The molecule has 0 bridgehead atoms. The average Bonchev–Trinajstić information content (AvgIpc) is 2.78. The first-order valence-electron chi connectivity index (χ1n) is 9.43. The second-order valence-electron chi connectivity index (χ2n) is 6.67. The van der Waals surface area contributed by atoms with E-state index in [1.54, 1.807) is 30.3 Å². The van der Waals surface area contributed by atoms with Crippen molar-refractivity contribution in [2.45, 2.75) is 11.8 Å². The van der Waals surface area contributed by atoms with Crippen molar-refractivity contribution in [3.05, 3.63) is 78.4 Å². The van der Waals surface area contributed by atoms with Gasteiger partial charge in [-0.2, -0.15) is 0 Å². The number of carbonyl (C=O) groups is 1. The number of anilines is 1. The first kappa shape index (κ1) is 22.2. The third-order valence-electron chi connectivity index (χ3n) is 4.59. The lowest BCUT2D eigenvalue weighted by Gasteiger charge is -2.20. The molecule has 3 aromatic carbocycles. The molecule has 0 saturated heterocycles. The van der Waals surface area contributed by atoms with E-state index in [0.717, 1.165) is 9.87 Å². The third kappa shape index (κ3) is 5.35. The number of hydrogen-bond donors (Lipinski definition) is 0. The van der Waals surface area contributed by atoms with Crippen LogP contribution in [0.1, 0.15) is 5.56 Å². The quantitative estimate of drug-likeness (QED) is 0.391. The van der Waals surface area contributed by atoms with E-state index in [-0.39, 0.29) is 17.3 Å². The molecule has 0 saturated carbocycles. The van der Waals surface area contributed by atoms with Crippen LogP contribution < -0.4 is 18.5 Å². The topological polar surface area (TPSA) is 82.1 Å². The number of carbonyl (C=O) groups excluding carboxylic acids is 1. The van der Waals surface area contributed by atoms with Crippen LogP contribution in [0, 0.1) is 6.92 Å². The maximum atomic E-state index is 12.8. The van der Waals surface area contributed by atoms with Crippen LogP contribution in [0.5, 0.6) is 17.2 Å². The highest BCUT2D eigenvalue weighted by Gasteiger charge is 2.21. The molecule has 0 aliphatic rings. The van der Waals surface area contributed by atoms with Gasteiger partial charge in [-0.3, -0.25) is 4.31 Å². The number of para-hydroxylation sites is 1.